The molecule has 152 valence electrons. The van der Waals surface area contributed by atoms with Crippen LogP contribution in [0.1, 0.15) is 37.3 Å². The molecule has 0 aromatic heterocycles. The van der Waals surface area contributed by atoms with E-state index in [1.165, 1.54) is 43.7 Å². The molecule has 8 heteroatoms. The standard InChI is InChI=1S/C19H31FN4O2S/c1-4-24-10-6-5-7-18(24)13-23-19(21-2)22-12-16-11-17(20)9-8-15(16)14-27(3,25)26/h8-9,11,18H,4-7,10,12-14H2,1-3H3,(H2,21,22,23). The zero-order valence-electron chi connectivity index (χ0n) is 16.5. The van der Waals surface area contributed by atoms with E-state index in [4.69, 9.17) is 0 Å². The lowest BCUT2D eigenvalue weighted by Crippen LogP contribution is -2.48. The number of aliphatic imine (C=N–C) groups is 1. The molecule has 0 radical (unpaired) electrons. The molecule has 27 heavy (non-hydrogen) atoms. The van der Waals surface area contributed by atoms with Gasteiger partial charge in [-0.1, -0.05) is 19.4 Å². The summed E-state index contributed by atoms with van der Waals surface area (Å²) < 4.78 is 36.9. The quantitative estimate of drug-likeness (QED) is 0.542. The molecule has 0 aliphatic carbocycles. The molecule has 1 unspecified atom stereocenters. The van der Waals surface area contributed by atoms with Crippen molar-refractivity contribution in [3.8, 4) is 0 Å². The molecule has 0 spiro atoms. The van der Waals surface area contributed by atoms with Crippen molar-refractivity contribution >= 4 is 15.8 Å². The van der Waals surface area contributed by atoms with Crippen molar-refractivity contribution in [1.82, 2.24) is 15.5 Å². The van der Waals surface area contributed by atoms with E-state index < -0.39 is 9.84 Å². The lowest BCUT2D eigenvalue weighted by atomic mass is 10.0. The fourth-order valence-electron chi connectivity index (χ4n) is 3.50. The summed E-state index contributed by atoms with van der Waals surface area (Å²) in [6.07, 6.45) is 4.84. The lowest BCUT2D eigenvalue weighted by molar-refractivity contribution is 0.157. The Morgan fingerprint density at radius 3 is 2.74 bits per heavy atom. The number of hydrogen-bond donors (Lipinski definition) is 2. The van der Waals surface area contributed by atoms with E-state index in [1.54, 1.807) is 7.05 Å². The Morgan fingerprint density at radius 1 is 1.30 bits per heavy atom. The number of hydrogen-bond acceptors (Lipinski definition) is 4. The summed E-state index contributed by atoms with van der Waals surface area (Å²) in [5.74, 6) is 0.142. The van der Waals surface area contributed by atoms with E-state index in [-0.39, 0.29) is 11.6 Å². The normalized spacial score (nSPS) is 19.1. The number of nitrogens with one attached hydrogen (secondary N) is 2. The molecule has 1 aliphatic rings. The van der Waals surface area contributed by atoms with Crippen LogP contribution in [0.3, 0.4) is 0 Å². The van der Waals surface area contributed by atoms with E-state index in [2.05, 4.69) is 27.4 Å². The van der Waals surface area contributed by atoms with Crippen LogP contribution in [0.4, 0.5) is 4.39 Å². The van der Waals surface area contributed by atoms with Gasteiger partial charge in [0.2, 0.25) is 0 Å². The number of nitrogens with zero attached hydrogens (tertiary/aromatic N) is 2. The van der Waals surface area contributed by atoms with Crippen molar-refractivity contribution in [3.63, 3.8) is 0 Å². The zero-order valence-corrected chi connectivity index (χ0v) is 17.3. The van der Waals surface area contributed by atoms with Crippen molar-refractivity contribution in [1.29, 1.82) is 0 Å². The Bertz CT molecular complexity index is 752. The van der Waals surface area contributed by atoms with Crippen LogP contribution < -0.4 is 10.6 Å². The highest BCUT2D eigenvalue weighted by molar-refractivity contribution is 7.89. The van der Waals surface area contributed by atoms with Gasteiger partial charge in [0.25, 0.3) is 0 Å². The number of halogens is 1. The molecule has 1 aromatic carbocycles. The SMILES string of the molecule is CCN1CCCCC1CNC(=NC)NCc1cc(F)ccc1CS(C)(=O)=O. The summed E-state index contributed by atoms with van der Waals surface area (Å²) in [5, 5.41) is 6.51. The number of piperidine rings is 1. The molecular weight excluding hydrogens is 367 g/mol. The minimum Gasteiger partial charge on any atom is -0.355 e. The molecule has 0 bridgehead atoms. The van der Waals surface area contributed by atoms with Crippen LogP contribution >= 0.6 is 0 Å². The zero-order chi connectivity index (χ0) is 19.9. The minimum absolute atomic E-state index is 0.107. The fourth-order valence-corrected chi connectivity index (χ4v) is 4.35. The third-order valence-corrected chi connectivity index (χ3v) is 5.75. The van der Waals surface area contributed by atoms with Gasteiger partial charge in [0.15, 0.2) is 15.8 Å². The Morgan fingerprint density at radius 2 is 2.07 bits per heavy atom. The molecule has 1 atom stereocenters. The van der Waals surface area contributed by atoms with Crippen LogP contribution in [0.5, 0.6) is 0 Å². The van der Waals surface area contributed by atoms with E-state index in [0.29, 0.717) is 29.7 Å². The highest BCUT2D eigenvalue weighted by Crippen LogP contribution is 2.16. The monoisotopic (exact) mass is 398 g/mol. The van der Waals surface area contributed by atoms with Gasteiger partial charge in [-0.2, -0.15) is 0 Å². The van der Waals surface area contributed by atoms with Crippen LogP contribution in [-0.4, -0.2) is 58.3 Å². The molecule has 2 N–H and O–H groups in total. The fraction of sp³-hybridized carbons (Fsp3) is 0.632. The number of likely N-dealkylation sites (tertiary alicyclic amines) is 1. The van der Waals surface area contributed by atoms with Crippen LogP contribution in [0.2, 0.25) is 0 Å². The number of benzene rings is 1. The second kappa shape index (κ2) is 10.0. The van der Waals surface area contributed by atoms with Crippen molar-refractivity contribution in [2.45, 2.75) is 44.5 Å². The van der Waals surface area contributed by atoms with Gasteiger partial charge in [-0.15, -0.1) is 0 Å². The summed E-state index contributed by atoms with van der Waals surface area (Å²) in [5.41, 5.74) is 1.22. The molecule has 6 nitrogen and oxygen atoms in total. The highest BCUT2D eigenvalue weighted by atomic mass is 32.2. The van der Waals surface area contributed by atoms with Gasteiger partial charge in [0.1, 0.15) is 5.82 Å². The van der Waals surface area contributed by atoms with Gasteiger partial charge < -0.3 is 10.6 Å². The first kappa shape index (κ1) is 21.6. The smallest absolute Gasteiger partial charge is 0.191 e. The van der Waals surface area contributed by atoms with Gasteiger partial charge in [-0.25, -0.2) is 12.8 Å². The summed E-state index contributed by atoms with van der Waals surface area (Å²) in [6.45, 7) is 5.46. The predicted molar refractivity (Wildman–Crippen MR) is 108 cm³/mol. The maximum absolute atomic E-state index is 13.6. The molecule has 1 aromatic rings. The van der Waals surface area contributed by atoms with Crippen LogP contribution in [0, 0.1) is 5.82 Å². The second-order valence-corrected chi connectivity index (χ2v) is 9.21. The number of guanidine groups is 1. The van der Waals surface area contributed by atoms with Crippen molar-refractivity contribution in [2.24, 2.45) is 4.99 Å². The van der Waals surface area contributed by atoms with Crippen molar-refractivity contribution < 1.29 is 12.8 Å². The third kappa shape index (κ3) is 7.10. The molecule has 1 saturated heterocycles. The Hall–Kier alpha value is -1.67. The summed E-state index contributed by atoms with van der Waals surface area (Å²) >= 11 is 0. The first-order valence-electron chi connectivity index (χ1n) is 9.46. The molecule has 1 fully saturated rings. The van der Waals surface area contributed by atoms with E-state index >= 15 is 0 Å². The van der Waals surface area contributed by atoms with E-state index in [0.717, 1.165) is 19.6 Å². The van der Waals surface area contributed by atoms with Gasteiger partial charge >= 0.3 is 0 Å². The molecule has 1 aliphatic heterocycles. The Balaban J connectivity index is 1.96. The summed E-state index contributed by atoms with van der Waals surface area (Å²) in [4.78, 5) is 6.70. The first-order chi connectivity index (χ1) is 12.8. The second-order valence-electron chi connectivity index (χ2n) is 7.07. The molecule has 1 heterocycles. The summed E-state index contributed by atoms with van der Waals surface area (Å²) in [7, 11) is -1.50. The largest absolute Gasteiger partial charge is 0.355 e. The molecule has 0 saturated carbocycles. The highest BCUT2D eigenvalue weighted by Gasteiger charge is 2.21. The van der Waals surface area contributed by atoms with Gasteiger partial charge in [-0.05, 0) is 49.2 Å². The molecular formula is C19H31FN4O2S. The summed E-state index contributed by atoms with van der Waals surface area (Å²) in [6, 6.07) is 4.68. The van der Waals surface area contributed by atoms with Gasteiger partial charge in [0, 0.05) is 32.4 Å². The first-order valence-corrected chi connectivity index (χ1v) is 11.5. The van der Waals surface area contributed by atoms with Crippen LogP contribution in [-0.2, 0) is 22.1 Å². The van der Waals surface area contributed by atoms with Gasteiger partial charge in [-0.3, -0.25) is 9.89 Å². The Labute approximate surface area is 162 Å². The maximum atomic E-state index is 13.6. The average Bonchev–Trinajstić information content (AvgIpc) is 2.63. The Kier molecular flexibility index (Phi) is 8.04. The number of rotatable bonds is 7. The maximum Gasteiger partial charge on any atom is 0.191 e. The third-order valence-electron chi connectivity index (χ3n) is 4.92. The van der Waals surface area contributed by atoms with Crippen LogP contribution in [0.15, 0.2) is 23.2 Å². The van der Waals surface area contributed by atoms with E-state index in [1.807, 2.05) is 0 Å². The van der Waals surface area contributed by atoms with Crippen molar-refractivity contribution in [3.05, 3.63) is 35.1 Å². The van der Waals surface area contributed by atoms with E-state index in [9.17, 15) is 12.8 Å². The predicted octanol–water partition coefficient (Wildman–Crippen LogP) is 1.91. The number of likely N-dealkylation sites (N-methyl/N-ethyl adjacent to an activating group) is 1. The molecule has 2 rings (SSSR count). The van der Waals surface area contributed by atoms with Crippen molar-refractivity contribution in [2.75, 3.05) is 32.9 Å². The van der Waals surface area contributed by atoms with Gasteiger partial charge in [0.05, 0.1) is 5.75 Å². The minimum atomic E-state index is -3.19. The topological polar surface area (TPSA) is 73.8 Å². The van der Waals surface area contributed by atoms with Crippen LogP contribution in [0.25, 0.3) is 0 Å². The lowest BCUT2D eigenvalue weighted by Gasteiger charge is -2.35. The number of sulfone groups is 1. The average molecular weight is 399 g/mol. The molecule has 0 amide bonds.